The van der Waals surface area contributed by atoms with Crippen LogP contribution in [0.3, 0.4) is 0 Å². The van der Waals surface area contributed by atoms with Crippen LogP contribution >= 0.6 is 0 Å². The molecule has 1 saturated heterocycles. The molecule has 5 heteroatoms. The molecule has 3 N–H and O–H groups in total. The topological polar surface area (TPSA) is 75.4 Å². The monoisotopic (exact) mass is 261 g/mol. The van der Waals surface area contributed by atoms with Crippen molar-refractivity contribution in [1.29, 1.82) is 0 Å². The summed E-state index contributed by atoms with van der Waals surface area (Å²) in [5.41, 5.74) is 3.20. The smallest absolute Gasteiger partial charge is 0.237 e. The molecule has 1 aliphatic rings. The van der Waals surface area contributed by atoms with Crippen LogP contribution in [-0.2, 0) is 16.0 Å². The molecule has 1 aliphatic heterocycles. The molecule has 1 heterocycles. The normalized spacial score (nSPS) is 16.2. The fourth-order valence-electron chi connectivity index (χ4n) is 2.39. The second-order valence-corrected chi connectivity index (χ2v) is 4.83. The van der Waals surface area contributed by atoms with Gasteiger partial charge in [0.15, 0.2) is 0 Å². The summed E-state index contributed by atoms with van der Waals surface area (Å²) >= 11 is 0. The van der Waals surface area contributed by atoms with Gasteiger partial charge in [-0.15, -0.1) is 0 Å². The minimum Gasteiger partial charge on any atom is -0.342 e. The molecule has 2 rings (SSSR count). The van der Waals surface area contributed by atoms with Crippen LogP contribution in [0.1, 0.15) is 18.4 Å². The number of hydrogen-bond donors (Lipinski definition) is 2. The van der Waals surface area contributed by atoms with Gasteiger partial charge in [-0.05, 0) is 18.4 Å². The van der Waals surface area contributed by atoms with Crippen molar-refractivity contribution in [3.05, 3.63) is 35.9 Å². The van der Waals surface area contributed by atoms with Crippen LogP contribution in [0.25, 0.3) is 0 Å². The maximum Gasteiger partial charge on any atom is 0.237 e. The van der Waals surface area contributed by atoms with E-state index in [1.54, 1.807) is 0 Å². The van der Waals surface area contributed by atoms with E-state index >= 15 is 0 Å². The fourth-order valence-corrected chi connectivity index (χ4v) is 2.39. The summed E-state index contributed by atoms with van der Waals surface area (Å²) in [5, 5.41) is 0. The summed E-state index contributed by atoms with van der Waals surface area (Å²) in [6.07, 6.45) is 1.79. The first-order chi connectivity index (χ1) is 9.20. The van der Waals surface area contributed by atoms with Gasteiger partial charge in [0.25, 0.3) is 0 Å². The van der Waals surface area contributed by atoms with E-state index in [1.165, 1.54) is 0 Å². The summed E-state index contributed by atoms with van der Waals surface area (Å²) in [5.74, 6) is 5.05. The number of rotatable bonds is 3. The van der Waals surface area contributed by atoms with E-state index in [4.69, 9.17) is 5.84 Å². The number of carbonyl (C=O) groups is 2. The van der Waals surface area contributed by atoms with Crippen molar-refractivity contribution in [2.45, 2.75) is 19.3 Å². The van der Waals surface area contributed by atoms with E-state index < -0.39 is 0 Å². The molecule has 0 unspecified atom stereocenters. The van der Waals surface area contributed by atoms with Gasteiger partial charge < -0.3 is 4.90 Å². The largest absolute Gasteiger partial charge is 0.342 e. The lowest BCUT2D eigenvalue weighted by atomic mass is 9.96. The zero-order valence-corrected chi connectivity index (χ0v) is 10.8. The second-order valence-electron chi connectivity index (χ2n) is 4.83. The zero-order chi connectivity index (χ0) is 13.7. The van der Waals surface area contributed by atoms with Crippen LogP contribution in [0.4, 0.5) is 0 Å². The third-order valence-corrected chi connectivity index (χ3v) is 3.56. The molecule has 0 atom stereocenters. The number of hydrogen-bond acceptors (Lipinski definition) is 3. The van der Waals surface area contributed by atoms with E-state index in [1.807, 2.05) is 35.2 Å². The van der Waals surface area contributed by atoms with E-state index in [0.717, 1.165) is 5.56 Å². The number of piperidine rings is 1. The van der Waals surface area contributed by atoms with Gasteiger partial charge in [0, 0.05) is 19.0 Å². The van der Waals surface area contributed by atoms with Crippen molar-refractivity contribution in [2.75, 3.05) is 13.1 Å². The molecule has 5 nitrogen and oxygen atoms in total. The molecule has 2 amide bonds. The highest BCUT2D eigenvalue weighted by Crippen LogP contribution is 2.18. The first-order valence-corrected chi connectivity index (χ1v) is 6.53. The van der Waals surface area contributed by atoms with Crippen LogP contribution in [0, 0.1) is 5.92 Å². The van der Waals surface area contributed by atoms with Gasteiger partial charge in [-0.2, -0.15) is 0 Å². The van der Waals surface area contributed by atoms with Gasteiger partial charge in [-0.1, -0.05) is 30.3 Å². The number of nitrogens with zero attached hydrogens (tertiary/aromatic N) is 1. The minimum absolute atomic E-state index is 0.0641. The molecule has 1 aromatic carbocycles. The van der Waals surface area contributed by atoms with Crippen LogP contribution in [0.5, 0.6) is 0 Å². The SMILES string of the molecule is NNC(=O)C1CCN(C(=O)Cc2ccccc2)CC1. The third kappa shape index (κ3) is 3.54. The number of amides is 2. The average Bonchev–Trinajstić information content (AvgIpc) is 2.47. The number of likely N-dealkylation sites (tertiary alicyclic amines) is 1. The van der Waals surface area contributed by atoms with Gasteiger partial charge in [-0.3, -0.25) is 15.0 Å². The van der Waals surface area contributed by atoms with Crippen molar-refractivity contribution < 1.29 is 9.59 Å². The Labute approximate surface area is 112 Å². The number of nitrogens with one attached hydrogen (secondary N) is 1. The highest BCUT2D eigenvalue weighted by Gasteiger charge is 2.26. The molecule has 1 aromatic rings. The molecular formula is C14H19N3O2. The Bertz CT molecular complexity index is 439. The van der Waals surface area contributed by atoms with Gasteiger partial charge >= 0.3 is 0 Å². The first-order valence-electron chi connectivity index (χ1n) is 6.53. The van der Waals surface area contributed by atoms with Crippen molar-refractivity contribution in [1.82, 2.24) is 10.3 Å². The molecule has 1 fully saturated rings. The molecule has 102 valence electrons. The Morgan fingerprint density at radius 3 is 2.42 bits per heavy atom. The van der Waals surface area contributed by atoms with E-state index in [-0.39, 0.29) is 17.7 Å². The lowest BCUT2D eigenvalue weighted by Crippen LogP contribution is -2.45. The first kappa shape index (κ1) is 13.5. The van der Waals surface area contributed by atoms with Gasteiger partial charge in [0.05, 0.1) is 6.42 Å². The molecule has 0 aromatic heterocycles. The maximum absolute atomic E-state index is 12.1. The van der Waals surface area contributed by atoms with Crippen LogP contribution in [0.2, 0.25) is 0 Å². The van der Waals surface area contributed by atoms with Gasteiger partial charge in [0.1, 0.15) is 0 Å². The molecule has 19 heavy (non-hydrogen) atoms. The predicted octanol–water partition coefficient (Wildman–Crippen LogP) is 0.458. The summed E-state index contributed by atoms with van der Waals surface area (Å²) < 4.78 is 0. The lowest BCUT2D eigenvalue weighted by Gasteiger charge is -2.31. The van der Waals surface area contributed by atoms with Crippen molar-refractivity contribution in [3.8, 4) is 0 Å². The Kier molecular flexibility index (Phi) is 4.52. The fraction of sp³-hybridized carbons (Fsp3) is 0.429. The van der Waals surface area contributed by atoms with Crippen molar-refractivity contribution in [2.24, 2.45) is 11.8 Å². The van der Waals surface area contributed by atoms with Gasteiger partial charge in [0.2, 0.25) is 11.8 Å². The average molecular weight is 261 g/mol. The Hall–Kier alpha value is -1.88. The number of carbonyl (C=O) groups excluding carboxylic acids is 2. The van der Waals surface area contributed by atoms with Crippen LogP contribution in [-0.4, -0.2) is 29.8 Å². The molecular weight excluding hydrogens is 242 g/mol. The minimum atomic E-state index is -0.129. The Morgan fingerprint density at radius 1 is 1.21 bits per heavy atom. The lowest BCUT2D eigenvalue weighted by molar-refractivity contribution is -0.135. The summed E-state index contributed by atoms with van der Waals surface area (Å²) in [7, 11) is 0. The Morgan fingerprint density at radius 2 is 1.84 bits per heavy atom. The zero-order valence-electron chi connectivity index (χ0n) is 10.8. The summed E-state index contributed by atoms with van der Waals surface area (Å²) in [6.45, 7) is 1.26. The highest BCUT2D eigenvalue weighted by molar-refractivity contribution is 5.80. The summed E-state index contributed by atoms with van der Waals surface area (Å²) in [4.78, 5) is 25.3. The molecule has 0 aliphatic carbocycles. The molecule has 0 radical (unpaired) electrons. The highest BCUT2D eigenvalue weighted by atomic mass is 16.2. The van der Waals surface area contributed by atoms with Gasteiger partial charge in [-0.25, -0.2) is 5.84 Å². The number of hydrazine groups is 1. The summed E-state index contributed by atoms with van der Waals surface area (Å²) in [6, 6.07) is 9.70. The van der Waals surface area contributed by atoms with E-state index in [9.17, 15) is 9.59 Å². The predicted molar refractivity (Wildman–Crippen MR) is 71.8 cm³/mol. The second kappa shape index (κ2) is 6.33. The van der Waals surface area contributed by atoms with Crippen molar-refractivity contribution >= 4 is 11.8 Å². The molecule has 0 bridgehead atoms. The van der Waals surface area contributed by atoms with Crippen molar-refractivity contribution in [3.63, 3.8) is 0 Å². The van der Waals surface area contributed by atoms with E-state index in [0.29, 0.717) is 32.4 Å². The standard InChI is InChI=1S/C14H19N3O2/c15-16-14(19)12-6-8-17(9-7-12)13(18)10-11-4-2-1-3-5-11/h1-5,12H,6-10,15H2,(H,16,19). The molecule has 0 saturated carbocycles. The van der Waals surface area contributed by atoms with Crippen LogP contribution < -0.4 is 11.3 Å². The quantitative estimate of drug-likeness (QED) is 0.471. The molecule has 0 spiro atoms. The van der Waals surface area contributed by atoms with E-state index in [2.05, 4.69) is 5.43 Å². The maximum atomic E-state index is 12.1. The third-order valence-electron chi connectivity index (χ3n) is 3.56. The van der Waals surface area contributed by atoms with Crippen LogP contribution in [0.15, 0.2) is 30.3 Å². The Balaban J connectivity index is 1.84. The number of nitrogens with two attached hydrogens (primary N) is 1. The number of benzene rings is 1.